The summed E-state index contributed by atoms with van der Waals surface area (Å²) in [6, 6.07) is 0. The van der Waals surface area contributed by atoms with Crippen molar-refractivity contribution in [3.05, 3.63) is 12.7 Å². The molecule has 0 aromatic heterocycles. The molecule has 2 unspecified atom stereocenters. The molecule has 0 amide bonds. The molecule has 2 atom stereocenters. The summed E-state index contributed by atoms with van der Waals surface area (Å²) >= 11 is 0. The standard InChI is InChI=1S/C6H10O4S2/c1-3-6-4-11(2,7)10-12(8,9)5-6/h3,6H,1-2,4-5H2. The van der Waals surface area contributed by atoms with E-state index in [0.717, 1.165) is 0 Å². The molecule has 4 nitrogen and oxygen atoms in total. The van der Waals surface area contributed by atoms with E-state index in [1.54, 1.807) is 0 Å². The lowest BCUT2D eigenvalue weighted by Crippen LogP contribution is -2.32. The van der Waals surface area contributed by atoms with Gasteiger partial charge in [-0.15, -0.1) is 6.58 Å². The van der Waals surface area contributed by atoms with Gasteiger partial charge in [0, 0.05) is 11.7 Å². The van der Waals surface area contributed by atoms with E-state index < -0.39 is 19.9 Å². The predicted octanol–water partition coefficient (Wildman–Crippen LogP) is -0.220. The third-order valence-electron chi connectivity index (χ3n) is 1.45. The van der Waals surface area contributed by atoms with E-state index in [9.17, 15) is 12.6 Å². The summed E-state index contributed by atoms with van der Waals surface area (Å²) in [6.07, 6.45) is 1.46. The van der Waals surface area contributed by atoms with Gasteiger partial charge in [0.2, 0.25) is 0 Å². The molecular weight excluding hydrogens is 200 g/mol. The summed E-state index contributed by atoms with van der Waals surface area (Å²) in [6.45, 7) is 3.44. The highest BCUT2D eigenvalue weighted by Gasteiger charge is 2.30. The van der Waals surface area contributed by atoms with Gasteiger partial charge >= 0.3 is 0 Å². The van der Waals surface area contributed by atoms with Crippen LogP contribution in [0.25, 0.3) is 0 Å². The van der Waals surface area contributed by atoms with Gasteiger partial charge < -0.3 is 0 Å². The molecule has 1 aliphatic rings. The normalized spacial score (nSPS) is 40.5. The molecule has 1 heterocycles. The second-order valence-electron chi connectivity index (χ2n) is 2.70. The zero-order chi connectivity index (χ0) is 9.41. The van der Waals surface area contributed by atoms with E-state index in [1.165, 1.54) is 6.08 Å². The molecule has 1 saturated heterocycles. The quantitative estimate of drug-likeness (QED) is 0.443. The zero-order valence-electron chi connectivity index (χ0n) is 6.43. The number of hydrogen-bond acceptors (Lipinski definition) is 4. The topological polar surface area (TPSA) is 60.4 Å². The molecule has 0 radical (unpaired) electrons. The Morgan fingerprint density at radius 2 is 1.92 bits per heavy atom. The van der Waals surface area contributed by atoms with Crippen LogP contribution in [0, 0.1) is 5.92 Å². The molecule has 6 heteroatoms. The second kappa shape index (κ2) is 2.86. The lowest BCUT2D eigenvalue weighted by molar-refractivity contribution is 0.476. The maximum absolute atomic E-state index is 11.2. The van der Waals surface area contributed by atoms with Crippen molar-refractivity contribution >= 4 is 25.8 Å². The number of allylic oxidation sites excluding steroid dienone is 1. The molecule has 0 aromatic rings. The molecule has 0 saturated carbocycles. The van der Waals surface area contributed by atoms with E-state index in [4.69, 9.17) is 0 Å². The van der Waals surface area contributed by atoms with Gasteiger partial charge in [-0.1, -0.05) is 6.08 Å². The molecule has 1 aliphatic heterocycles. The zero-order valence-corrected chi connectivity index (χ0v) is 8.07. The van der Waals surface area contributed by atoms with Gasteiger partial charge in [0.1, 0.15) is 0 Å². The molecule has 12 heavy (non-hydrogen) atoms. The molecule has 0 bridgehead atoms. The minimum Gasteiger partial charge on any atom is -0.240 e. The maximum Gasteiger partial charge on any atom is 0.280 e. The predicted molar refractivity (Wildman–Crippen MR) is 48.7 cm³/mol. The first-order chi connectivity index (χ1) is 5.35. The minimum absolute atomic E-state index is 0.135. The van der Waals surface area contributed by atoms with Crippen LogP contribution in [-0.2, 0) is 23.6 Å². The summed E-state index contributed by atoms with van der Waals surface area (Å²) in [4.78, 5) is 0. The van der Waals surface area contributed by atoms with Crippen molar-refractivity contribution in [2.45, 2.75) is 0 Å². The van der Waals surface area contributed by atoms with Crippen LogP contribution in [0.2, 0.25) is 0 Å². The van der Waals surface area contributed by atoms with Crippen molar-refractivity contribution in [1.29, 1.82) is 0 Å². The van der Waals surface area contributed by atoms with Crippen molar-refractivity contribution in [3.8, 4) is 0 Å². The SMILES string of the molecule is C=CC1CS(=C)(=O)OS(=O)(=O)C1. The molecule has 0 aromatic carbocycles. The number of hydrogen-bond donors (Lipinski definition) is 0. The van der Waals surface area contributed by atoms with Crippen LogP contribution in [0.1, 0.15) is 0 Å². The summed E-state index contributed by atoms with van der Waals surface area (Å²) in [5.41, 5.74) is 0. The summed E-state index contributed by atoms with van der Waals surface area (Å²) in [7, 11) is -6.57. The molecule has 70 valence electrons. The Kier molecular flexibility index (Phi) is 2.33. The van der Waals surface area contributed by atoms with Crippen molar-refractivity contribution in [2.75, 3.05) is 11.5 Å². The van der Waals surface area contributed by atoms with Crippen LogP contribution < -0.4 is 0 Å². The third-order valence-corrected chi connectivity index (χ3v) is 5.04. The van der Waals surface area contributed by atoms with Crippen LogP contribution in [-0.4, -0.2) is 30.0 Å². The van der Waals surface area contributed by atoms with Crippen LogP contribution in [0.4, 0.5) is 0 Å². The van der Waals surface area contributed by atoms with Crippen molar-refractivity contribution in [2.24, 2.45) is 5.92 Å². The highest BCUT2D eigenvalue weighted by atomic mass is 32.3. The van der Waals surface area contributed by atoms with Crippen molar-refractivity contribution < 1.29 is 16.3 Å². The third kappa shape index (κ3) is 2.33. The Bertz CT molecular complexity index is 342. The molecule has 0 spiro atoms. The highest BCUT2D eigenvalue weighted by molar-refractivity contribution is 8.05. The molecule has 0 N–H and O–H groups in total. The van der Waals surface area contributed by atoms with Gasteiger partial charge in [-0.2, -0.15) is 12.0 Å². The van der Waals surface area contributed by atoms with E-state index >= 15 is 0 Å². The molecular formula is C6H10O4S2. The first-order valence-corrected chi connectivity index (χ1v) is 6.66. The van der Waals surface area contributed by atoms with Crippen molar-refractivity contribution in [1.82, 2.24) is 0 Å². The molecule has 1 rings (SSSR count). The van der Waals surface area contributed by atoms with Gasteiger partial charge in [0.25, 0.3) is 10.1 Å². The van der Waals surface area contributed by atoms with E-state index in [0.29, 0.717) is 0 Å². The second-order valence-corrected chi connectivity index (χ2v) is 6.51. The Hall–Kier alpha value is -0.330. The smallest absolute Gasteiger partial charge is 0.240 e. The lowest BCUT2D eigenvalue weighted by atomic mass is 10.2. The van der Waals surface area contributed by atoms with E-state index in [2.05, 4.69) is 16.1 Å². The maximum atomic E-state index is 11.2. The fourth-order valence-electron chi connectivity index (χ4n) is 1.02. The lowest BCUT2D eigenvalue weighted by Gasteiger charge is -2.21. The fraction of sp³-hybridized carbons (Fsp3) is 0.500. The Balaban J connectivity index is 3.03. The van der Waals surface area contributed by atoms with Crippen LogP contribution in [0.3, 0.4) is 0 Å². The van der Waals surface area contributed by atoms with Gasteiger partial charge in [0.05, 0.1) is 15.6 Å². The number of rotatable bonds is 1. The largest absolute Gasteiger partial charge is 0.280 e. The van der Waals surface area contributed by atoms with E-state index in [-0.39, 0.29) is 17.4 Å². The average molecular weight is 210 g/mol. The van der Waals surface area contributed by atoms with Crippen molar-refractivity contribution in [3.63, 3.8) is 0 Å². The van der Waals surface area contributed by atoms with Crippen LogP contribution in [0.5, 0.6) is 0 Å². The Morgan fingerprint density at radius 1 is 1.33 bits per heavy atom. The first-order valence-electron chi connectivity index (χ1n) is 3.26. The summed E-state index contributed by atoms with van der Waals surface area (Å²) in [5, 5.41) is 0. The monoisotopic (exact) mass is 210 g/mol. The fourth-order valence-corrected chi connectivity index (χ4v) is 4.81. The van der Waals surface area contributed by atoms with Gasteiger partial charge in [-0.3, -0.25) is 0 Å². The van der Waals surface area contributed by atoms with Crippen LogP contribution >= 0.6 is 0 Å². The van der Waals surface area contributed by atoms with Gasteiger partial charge in [-0.25, -0.2) is 4.21 Å². The highest BCUT2D eigenvalue weighted by Crippen LogP contribution is 2.18. The van der Waals surface area contributed by atoms with Gasteiger partial charge in [0.15, 0.2) is 0 Å². The minimum atomic E-state index is -3.66. The summed E-state index contributed by atoms with van der Waals surface area (Å²) in [5.74, 6) is 2.88. The molecule has 1 fully saturated rings. The Labute approximate surface area is 72.6 Å². The molecule has 0 aliphatic carbocycles. The first kappa shape index (κ1) is 9.76. The van der Waals surface area contributed by atoms with Gasteiger partial charge in [-0.05, 0) is 5.87 Å². The van der Waals surface area contributed by atoms with E-state index in [1.807, 2.05) is 0 Å². The average Bonchev–Trinajstić information content (AvgIpc) is 1.80. The Morgan fingerprint density at radius 3 is 2.33 bits per heavy atom. The summed E-state index contributed by atoms with van der Waals surface area (Å²) < 4.78 is 37.5. The van der Waals surface area contributed by atoms with Crippen LogP contribution in [0.15, 0.2) is 12.7 Å².